The van der Waals surface area contributed by atoms with Crippen molar-refractivity contribution in [2.24, 2.45) is 0 Å². The fraction of sp³-hybridized carbons (Fsp3) is 0.0769. The number of aryl methyl sites for hydroxylation is 1. The SMILES string of the molecule is Cc1cccc(S(=O)(=O)Nc2cc(F)ccc2N)c1. The van der Waals surface area contributed by atoms with E-state index in [0.29, 0.717) is 0 Å². The lowest BCUT2D eigenvalue weighted by Gasteiger charge is -2.10. The summed E-state index contributed by atoms with van der Waals surface area (Å²) in [6.45, 7) is 1.79. The van der Waals surface area contributed by atoms with E-state index in [0.717, 1.165) is 11.6 Å². The van der Waals surface area contributed by atoms with Gasteiger partial charge in [-0.15, -0.1) is 0 Å². The fourth-order valence-electron chi connectivity index (χ4n) is 1.60. The Morgan fingerprint density at radius 1 is 1.16 bits per heavy atom. The second kappa shape index (κ2) is 4.89. The van der Waals surface area contributed by atoms with Crippen molar-refractivity contribution >= 4 is 21.4 Å². The van der Waals surface area contributed by atoms with Gasteiger partial charge < -0.3 is 5.73 Å². The van der Waals surface area contributed by atoms with E-state index in [9.17, 15) is 12.8 Å². The van der Waals surface area contributed by atoms with Gasteiger partial charge in [-0.1, -0.05) is 12.1 Å². The van der Waals surface area contributed by atoms with Crippen molar-refractivity contribution in [1.29, 1.82) is 0 Å². The van der Waals surface area contributed by atoms with Crippen LogP contribution >= 0.6 is 0 Å². The van der Waals surface area contributed by atoms with Gasteiger partial charge in [-0.2, -0.15) is 0 Å². The highest BCUT2D eigenvalue weighted by molar-refractivity contribution is 7.92. The van der Waals surface area contributed by atoms with Crippen LogP contribution in [0.4, 0.5) is 15.8 Å². The van der Waals surface area contributed by atoms with Crippen LogP contribution in [0.1, 0.15) is 5.56 Å². The van der Waals surface area contributed by atoms with Crippen LogP contribution in [0.2, 0.25) is 0 Å². The van der Waals surface area contributed by atoms with Crippen LogP contribution in [0.5, 0.6) is 0 Å². The molecule has 0 saturated heterocycles. The van der Waals surface area contributed by atoms with Crippen LogP contribution in [0.3, 0.4) is 0 Å². The number of sulfonamides is 1. The number of hydrogen-bond acceptors (Lipinski definition) is 3. The molecule has 100 valence electrons. The number of halogens is 1. The lowest BCUT2D eigenvalue weighted by molar-refractivity contribution is 0.601. The maximum absolute atomic E-state index is 13.1. The third-order valence-corrected chi connectivity index (χ3v) is 3.92. The highest BCUT2D eigenvalue weighted by atomic mass is 32.2. The Morgan fingerprint density at radius 3 is 2.58 bits per heavy atom. The van der Waals surface area contributed by atoms with Gasteiger partial charge >= 0.3 is 0 Å². The smallest absolute Gasteiger partial charge is 0.261 e. The molecule has 0 radical (unpaired) electrons. The Labute approximate surface area is 111 Å². The fourth-order valence-corrected chi connectivity index (χ4v) is 2.79. The molecule has 0 unspecified atom stereocenters. The second-order valence-electron chi connectivity index (χ2n) is 4.15. The molecule has 0 aliphatic rings. The molecule has 3 N–H and O–H groups in total. The first-order valence-electron chi connectivity index (χ1n) is 5.53. The van der Waals surface area contributed by atoms with E-state index in [1.807, 2.05) is 0 Å². The Balaban J connectivity index is 2.39. The molecule has 2 rings (SSSR count). The molecule has 4 nitrogen and oxygen atoms in total. The summed E-state index contributed by atoms with van der Waals surface area (Å²) in [5.74, 6) is -0.559. The Bertz CT molecular complexity index is 714. The van der Waals surface area contributed by atoms with Crippen molar-refractivity contribution in [3.05, 3.63) is 53.8 Å². The number of nitrogens with two attached hydrogens (primary N) is 1. The van der Waals surface area contributed by atoms with Gasteiger partial charge in [-0.3, -0.25) is 4.72 Å². The Hall–Kier alpha value is -2.08. The molecule has 0 aliphatic heterocycles. The number of nitrogen functional groups attached to an aromatic ring is 1. The molecular formula is C13H13FN2O2S. The van der Waals surface area contributed by atoms with Gasteiger partial charge in [0.2, 0.25) is 0 Å². The zero-order valence-electron chi connectivity index (χ0n) is 10.2. The van der Waals surface area contributed by atoms with Crippen molar-refractivity contribution in [3.8, 4) is 0 Å². The van der Waals surface area contributed by atoms with Crippen LogP contribution in [-0.2, 0) is 10.0 Å². The van der Waals surface area contributed by atoms with Gasteiger partial charge in [0.1, 0.15) is 5.82 Å². The van der Waals surface area contributed by atoms with E-state index in [2.05, 4.69) is 4.72 Å². The number of anilines is 2. The predicted molar refractivity (Wildman–Crippen MR) is 72.8 cm³/mol. The predicted octanol–water partition coefficient (Wildman–Crippen LogP) is 2.52. The summed E-state index contributed by atoms with van der Waals surface area (Å²) in [5, 5.41) is 0. The average molecular weight is 280 g/mol. The van der Waals surface area contributed by atoms with E-state index < -0.39 is 15.8 Å². The topological polar surface area (TPSA) is 72.2 Å². The van der Waals surface area contributed by atoms with Gasteiger partial charge in [-0.05, 0) is 36.8 Å². The van der Waals surface area contributed by atoms with Gasteiger partial charge in [0.05, 0.1) is 16.3 Å². The highest BCUT2D eigenvalue weighted by Crippen LogP contribution is 2.23. The monoisotopic (exact) mass is 280 g/mol. The average Bonchev–Trinajstić information content (AvgIpc) is 2.33. The van der Waals surface area contributed by atoms with Crippen molar-refractivity contribution in [3.63, 3.8) is 0 Å². The summed E-state index contributed by atoms with van der Waals surface area (Å²) in [6.07, 6.45) is 0. The summed E-state index contributed by atoms with van der Waals surface area (Å²) >= 11 is 0. The van der Waals surface area contributed by atoms with Crippen molar-refractivity contribution in [2.75, 3.05) is 10.5 Å². The molecule has 0 bridgehead atoms. The van der Waals surface area contributed by atoms with E-state index in [-0.39, 0.29) is 16.3 Å². The van der Waals surface area contributed by atoms with Gasteiger partial charge in [0.25, 0.3) is 10.0 Å². The van der Waals surface area contributed by atoms with Gasteiger partial charge in [0, 0.05) is 6.07 Å². The molecule has 0 heterocycles. The quantitative estimate of drug-likeness (QED) is 0.848. The summed E-state index contributed by atoms with van der Waals surface area (Å²) in [4.78, 5) is 0.108. The zero-order chi connectivity index (χ0) is 14.0. The van der Waals surface area contributed by atoms with E-state index >= 15 is 0 Å². The van der Waals surface area contributed by atoms with E-state index in [1.54, 1.807) is 19.1 Å². The summed E-state index contributed by atoms with van der Waals surface area (Å²) in [7, 11) is -3.77. The molecule has 0 amide bonds. The van der Waals surface area contributed by atoms with Crippen molar-refractivity contribution in [2.45, 2.75) is 11.8 Å². The maximum Gasteiger partial charge on any atom is 0.261 e. The maximum atomic E-state index is 13.1. The molecule has 0 atom stereocenters. The third kappa shape index (κ3) is 3.03. The number of hydrogen-bond donors (Lipinski definition) is 2. The minimum Gasteiger partial charge on any atom is -0.397 e. The number of benzene rings is 2. The molecule has 2 aromatic rings. The molecule has 0 saturated carbocycles. The first kappa shape index (κ1) is 13.4. The van der Waals surface area contributed by atoms with Crippen molar-refractivity contribution in [1.82, 2.24) is 0 Å². The van der Waals surface area contributed by atoms with Crippen LogP contribution in [0.15, 0.2) is 47.4 Å². The summed E-state index contributed by atoms with van der Waals surface area (Å²) in [5.41, 5.74) is 6.62. The van der Waals surface area contributed by atoms with Gasteiger partial charge in [0.15, 0.2) is 0 Å². The molecule has 6 heteroatoms. The zero-order valence-corrected chi connectivity index (χ0v) is 11.0. The first-order chi connectivity index (χ1) is 8.88. The largest absolute Gasteiger partial charge is 0.397 e. The van der Waals surface area contributed by atoms with Crippen molar-refractivity contribution < 1.29 is 12.8 Å². The summed E-state index contributed by atoms with van der Waals surface area (Å²) in [6, 6.07) is 9.93. The third-order valence-electron chi connectivity index (χ3n) is 2.56. The molecule has 0 aromatic heterocycles. The van der Waals surface area contributed by atoms with E-state index in [4.69, 9.17) is 5.73 Å². The first-order valence-corrected chi connectivity index (χ1v) is 7.01. The van der Waals surface area contributed by atoms with Gasteiger partial charge in [-0.25, -0.2) is 12.8 Å². The molecular weight excluding hydrogens is 267 g/mol. The van der Waals surface area contributed by atoms with E-state index in [1.165, 1.54) is 24.3 Å². The number of rotatable bonds is 3. The summed E-state index contributed by atoms with van der Waals surface area (Å²) < 4.78 is 39.6. The molecule has 0 aliphatic carbocycles. The lowest BCUT2D eigenvalue weighted by atomic mass is 10.2. The number of nitrogens with one attached hydrogen (secondary N) is 1. The molecule has 0 spiro atoms. The molecule has 19 heavy (non-hydrogen) atoms. The minimum absolute atomic E-state index is 0.0292. The highest BCUT2D eigenvalue weighted by Gasteiger charge is 2.15. The lowest BCUT2D eigenvalue weighted by Crippen LogP contribution is -2.14. The Kier molecular flexibility index (Phi) is 3.44. The second-order valence-corrected chi connectivity index (χ2v) is 5.84. The van der Waals surface area contributed by atoms with Crippen LogP contribution in [0.25, 0.3) is 0 Å². The molecule has 0 fully saturated rings. The minimum atomic E-state index is -3.77. The Morgan fingerprint density at radius 2 is 1.89 bits per heavy atom. The standard InChI is InChI=1S/C13H13FN2O2S/c1-9-3-2-4-11(7-9)19(17,18)16-13-8-10(14)5-6-12(13)15/h2-8,16H,15H2,1H3. The normalized spacial score (nSPS) is 11.3. The molecule has 2 aromatic carbocycles. The van der Waals surface area contributed by atoms with Crippen LogP contribution in [0, 0.1) is 12.7 Å². The van der Waals surface area contributed by atoms with Crippen LogP contribution in [-0.4, -0.2) is 8.42 Å². The van der Waals surface area contributed by atoms with Crippen LogP contribution < -0.4 is 10.5 Å².